The molecule has 6 nitrogen and oxygen atoms in total. The number of rotatable bonds is 3. The number of fused-ring (bicyclic) bond motifs is 1. The molecule has 2 heterocycles. The highest BCUT2D eigenvalue weighted by molar-refractivity contribution is 6.49. The van der Waals surface area contributed by atoms with Crippen LogP contribution in [0.25, 0.3) is 0 Å². The molecule has 1 saturated heterocycles. The van der Waals surface area contributed by atoms with Crippen molar-refractivity contribution in [3.05, 3.63) is 58.6 Å². The van der Waals surface area contributed by atoms with Crippen LogP contribution in [0.2, 0.25) is 5.02 Å². The summed E-state index contributed by atoms with van der Waals surface area (Å²) < 4.78 is 0. The molecule has 0 unspecified atom stereocenters. The lowest BCUT2D eigenvalue weighted by Gasteiger charge is -2.23. The van der Waals surface area contributed by atoms with Gasteiger partial charge in [0.05, 0.1) is 11.4 Å². The molecule has 0 bridgehead atoms. The summed E-state index contributed by atoms with van der Waals surface area (Å²) in [5.41, 5.74) is 2.88. The maximum atomic E-state index is 13.3. The molecular formula is C21H18ClN3O3. The minimum Gasteiger partial charge on any atom is -0.293 e. The van der Waals surface area contributed by atoms with Gasteiger partial charge in [-0.1, -0.05) is 35.4 Å². The largest absolute Gasteiger partial charge is 0.293 e. The lowest BCUT2D eigenvalue weighted by atomic mass is 9.95. The first-order valence-electron chi connectivity index (χ1n) is 8.89. The van der Waals surface area contributed by atoms with Crippen molar-refractivity contribution in [3.8, 4) is 0 Å². The van der Waals surface area contributed by atoms with E-state index in [4.69, 9.17) is 11.6 Å². The Morgan fingerprint density at radius 2 is 1.71 bits per heavy atom. The van der Waals surface area contributed by atoms with Gasteiger partial charge in [0.1, 0.15) is 17.7 Å². The number of imide groups is 1. The van der Waals surface area contributed by atoms with Crippen LogP contribution >= 0.6 is 11.6 Å². The van der Waals surface area contributed by atoms with Crippen molar-refractivity contribution in [2.45, 2.75) is 26.8 Å². The maximum Gasteiger partial charge on any atom is 0.259 e. The summed E-state index contributed by atoms with van der Waals surface area (Å²) in [4.78, 5) is 39.8. The molecule has 142 valence electrons. The van der Waals surface area contributed by atoms with Gasteiger partial charge in [-0.2, -0.15) is 5.10 Å². The van der Waals surface area contributed by atoms with E-state index in [-0.39, 0.29) is 11.5 Å². The number of amides is 2. The number of hydrazone groups is 1. The molecule has 0 N–H and O–H groups in total. The molecule has 0 spiro atoms. The Kier molecular flexibility index (Phi) is 4.31. The molecule has 2 amide bonds. The third-order valence-corrected chi connectivity index (χ3v) is 5.60. The molecule has 2 atom stereocenters. The first-order valence-corrected chi connectivity index (χ1v) is 9.27. The van der Waals surface area contributed by atoms with Gasteiger partial charge in [0, 0.05) is 11.9 Å². The SMILES string of the molecule is CC(=O)C1=NN(c2ccc(C)cc2)[C@H]2C(=O)N(c3cccc(Cl)c3C)C(=O)[C@@H]12. The van der Waals surface area contributed by atoms with E-state index < -0.39 is 23.8 Å². The van der Waals surface area contributed by atoms with Crippen molar-refractivity contribution in [3.63, 3.8) is 0 Å². The zero-order valence-electron chi connectivity index (χ0n) is 15.6. The van der Waals surface area contributed by atoms with Crippen LogP contribution in [0.15, 0.2) is 47.6 Å². The highest BCUT2D eigenvalue weighted by atomic mass is 35.5. The van der Waals surface area contributed by atoms with Gasteiger partial charge in [0.2, 0.25) is 5.91 Å². The number of halogens is 1. The lowest BCUT2D eigenvalue weighted by molar-refractivity contribution is -0.122. The first kappa shape index (κ1) is 18.4. The quantitative estimate of drug-likeness (QED) is 0.748. The summed E-state index contributed by atoms with van der Waals surface area (Å²) in [5, 5.41) is 6.30. The molecule has 28 heavy (non-hydrogen) atoms. The number of hydrogen-bond donors (Lipinski definition) is 0. The van der Waals surface area contributed by atoms with Gasteiger partial charge in [0.25, 0.3) is 5.91 Å². The number of aryl methyl sites for hydroxylation is 1. The van der Waals surface area contributed by atoms with E-state index in [2.05, 4.69) is 5.10 Å². The van der Waals surface area contributed by atoms with Crippen LogP contribution in [0.1, 0.15) is 18.1 Å². The van der Waals surface area contributed by atoms with Crippen LogP contribution in [0.5, 0.6) is 0 Å². The van der Waals surface area contributed by atoms with Crippen molar-refractivity contribution in [2.24, 2.45) is 11.0 Å². The fraction of sp³-hybridized carbons (Fsp3) is 0.238. The normalized spacial score (nSPS) is 21.2. The molecule has 7 heteroatoms. The molecule has 0 saturated carbocycles. The van der Waals surface area contributed by atoms with Gasteiger partial charge in [-0.05, 0) is 43.7 Å². The minimum atomic E-state index is -0.926. The summed E-state index contributed by atoms with van der Waals surface area (Å²) in [6, 6.07) is 11.6. The maximum absolute atomic E-state index is 13.3. The number of hydrogen-bond acceptors (Lipinski definition) is 5. The molecule has 1 fully saturated rings. The summed E-state index contributed by atoms with van der Waals surface area (Å²) in [7, 11) is 0. The summed E-state index contributed by atoms with van der Waals surface area (Å²) in [6.45, 7) is 5.07. The van der Waals surface area contributed by atoms with Crippen LogP contribution in [0.3, 0.4) is 0 Å². The molecule has 4 rings (SSSR count). The highest BCUT2D eigenvalue weighted by Gasteiger charge is 2.58. The molecule has 0 radical (unpaired) electrons. The second-order valence-corrected chi connectivity index (χ2v) is 7.45. The van der Waals surface area contributed by atoms with Crippen molar-refractivity contribution < 1.29 is 14.4 Å². The van der Waals surface area contributed by atoms with Gasteiger partial charge in [-0.3, -0.25) is 19.4 Å². The average Bonchev–Trinajstić information content (AvgIpc) is 3.16. The third kappa shape index (κ3) is 2.64. The first-order chi connectivity index (χ1) is 13.3. The molecule has 2 aliphatic rings. The van der Waals surface area contributed by atoms with Crippen molar-refractivity contribution in [1.29, 1.82) is 0 Å². The van der Waals surface area contributed by atoms with E-state index in [1.54, 1.807) is 25.1 Å². The third-order valence-electron chi connectivity index (χ3n) is 5.19. The number of nitrogens with zero attached hydrogens (tertiary/aromatic N) is 3. The summed E-state index contributed by atoms with van der Waals surface area (Å²) in [5.74, 6) is -2.12. The molecule has 0 aliphatic carbocycles. The van der Waals surface area contributed by atoms with E-state index in [0.29, 0.717) is 22.0 Å². The Bertz CT molecular complexity index is 1050. The Labute approximate surface area is 167 Å². The number of benzene rings is 2. The monoisotopic (exact) mass is 395 g/mol. The Morgan fingerprint density at radius 1 is 1.04 bits per heavy atom. The Hall–Kier alpha value is -2.99. The lowest BCUT2D eigenvalue weighted by Crippen LogP contribution is -2.39. The molecule has 0 aromatic heterocycles. The molecule has 2 aromatic rings. The van der Waals surface area contributed by atoms with Gasteiger partial charge < -0.3 is 0 Å². The smallest absolute Gasteiger partial charge is 0.259 e. The topological polar surface area (TPSA) is 70.1 Å². The van der Waals surface area contributed by atoms with E-state index in [1.807, 2.05) is 31.2 Å². The van der Waals surface area contributed by atoms with Crippen LogP contribution in [0.4, 0.5) is 11.4 Å². The number of anilines is 2. The molecule has 2 aliphatic heterocycles. The summed E-state index contributed by atoms with van der Waals surface area (Å²) >= 11 is 6.19. The Balaban J connectivity index is 1.83. The molecule has 2 aromatic carbocycles. The van der Waals surface area contributed by atoms with Crippen LogP contribution in [0, 0.1) is 19.8 Å². The van der Waals surface area contributed by atoms with Gasteiger partial charge in [-0.25, -0.2) is 4.90 Å². The van der Waals surface area contributed by atoms with Crippen LogP contribution in [-0.2, 0) is 14.4 Å². The molecular weight excluding hydrogens is 378 g/mol. The number of carbonyl (C=O) groups is 3. The summed E-state index contributed by atoms with van der Waals surface area (Å²) in [6.07, 6.45) is 0. The fourth-order valence-corrected chi connectivity index (χ4v) is 3.86. The van der Waals surface area contributed by atoms with E-state index in [0.717, 1.165) is 10.5 Å². The van der Waals surface area contributed by atoms with E-state index in [9.17, 15) is 14.4 Å². The number of ketones is 1. The van der Waals surface area contributed by atoms with Crippen molar-refractivity contribution >= 4 is 46.3 Å². The van der Waals surface area contributed by atoms with Gasteiger partial charge >= 0.3 is 0 Å². The number of carbonyl (C=O) groups excluding carboxylic acids is 3. The zero-order chi connectivity index (χ0) is 20.2. The van der Waals surface area contributed by atoms with E-state index >= 15 is 0 Å². The predicted molar refractivity (Wildman–Crippen MR) is 108 cm³/mol. The van der Waals surface area contributed by atoms with E-state index in [1.165, 1.54) is 11.9 Å². The second kappa shape index (κ2) is 6.56. The standard InChI is InChI=1S/C21H18ClN3O3/c1-11-7-9-14(10-8-11)25-19-17(18(23-25)13(3)26)20(27)24(21(19)28)16-6-4-5-15(22)12(16)2/h4-10,17,19H,1-3H3/t17-,19+/m0/s1. The minimum absolute atomic E-state index is 0.103. The fourth-order valence-electron chi connectivity index (χ4n) is 3.69. The second-order valence-electron chi connectivity index (χ2n) is 7.04. The van der Waals surface area contributed by atoms with Gasteiger partial charge in [-0.15, -0.1) is 0 Å². The van der Waals surface area contributed by atoms with Crippen LogP contribution in [-0.4, -0.2) is 29.4 Å². The Morgan fingerprint density at radius 3 is 2.36 bits per heavy atom. The van der Waals surface area contributed by atoms with Gasteiger partial charge in [0.15, 0.2) is 5.78 Å². The zero-order valence-corrected chi connectivity index (χ0v) is 16.4. The van der Waals surface area contributed by atoms with Crippen LogP contribution < -0.4 is 9.91 Å². The highest BCUT2D eigenvalue weighted by Crippen LogP contribution is 2.39. The number of Topliss-reactive ketones (excluding diaryl/α,β-unsaturated/α-hetero) is 1. The van der Waals surface area contributed by atoms with Crippen molar-refractivity contribution in [1.82, 2.24) is 0 Å². The predicted octanol–water partition coefficient (Wildman–Crippen LogP) is 3.28. The average molecular weight is 396 g/mol. The van der Waals surface area contributed by atoms with Crippen molar-refractivity contribution in [2.75, 3.05) is 9.91 Å².